The van der Waals surface area contributed by atoms with Gasteiger partial charge in [0, 0.05) is 10.7 Å². The van der Waals surface area contributed by atoms with Gasteiger partial charge >= 0.3 is 0 Å². The van der Waals surface area contributed by atoms with Crippen LogP contribution >= 0.6 is 10.7 Å². The van der Waals surface area contributed by atoms with Crippen molar-refractivity contribution in [2.75, 3.05) is 4.72 Å². The number of rotatable bonds is 4. The fourth-order valence-corrected chi connectivity index (χ4v) is 4.70. The minimum absolute atomic E-state index is 0.273. The molecule has 1 aliphatic rings. The third kappa shape index (κ3) is 4.08. The molecule has 1 aliphatic carbocycles. The zero-order valence-corrected chi connectivity index (χ0v) is 13.4. The molecule has 1 fully saturated rings. The van der Waals surface area contributed by atoms with Gasteiger partial charge in [-0.15, -0.1) is 0 Å². The highest BCUT2D eigenvalue weighted by Crippen LogP contribution is 2.27. The van der Waals surface area contributed by atoms with Crippen molar-refractivity contribution >= 4 is 35.4 Å². The topological polar surface area (TPSA) is 80.3 Å². The lowest BCUT2D eigenvalue weighted by atomic mass is 10.0. The van der Waals surface area contributed by atoms with E-state index < -0.39 is 35.0 Å². The van der Waals surface area contributed by atoms with E-state index in [1.165, 1.54) is 0 Å². The maximum Gasteiger partial charge on any atom is 0.261 e. The van der Waals surface area contributed by atoms with Gasteiger partial charge in [-0.1, -0.05) is 19.3 Å². The Labute approximate surface area is 128 Å². The van der Waals surface area contributed by atoms with Gasteiger partial charge in [-0.2, -0.15) is 0 Å². The third-order valence-electron chi connectivity index (χ3n) is 3.47. The predicted molar refractivity (Wildman–Crippen MR) is 78.9 cm³/mol. The second-order valence-corrected chi connectivity index (χ2v) is 9.51. The van der Waals surface area contributed by atoms with E-state index in [4.69, 9.17) is 10.7 Å². The van der Waals surface area contributed by atoms with Crippen molar-refractivity contribution in [2.24, 2.45) is 0 Å². The first kappa shape index (κ1) is 16.5. The van der Waals surface area contributed by atoms with Gasteiger partial charge in [0.15, 0.2) is 0 Å². The van der Waals surface area contributed by atoms with Crippen molar-refractivity contribution in [3.05, 3.63) is 24.0 Å². The lowest BCUT2D eigenvalue weighted by Gasteiger charge is -2.22. The minimum Gasteiger partial charge on any atom is -0.280 e. The second-order valence-electron chi connectivity index (χ2n) is 4.99. The molecule has 0 radical (unpaired) electrons. The molecule has 0 amide bonds. The molecule has 0 spiro atoms. The smallest absolute Gasteiger partial charge is 0.261 e. The summed E-state index contributed by atoms with van der Waals surface area (Å²) in [6.07, 6.45) is 3.76. The average Bonchev–Trinajstić information content (AvgIpc) is 2.41. The molecule has 118 valence electrons. The Kier molecular flexibility index (Phi) is 4.79. The van der Waals surface area contributed by atoms with E-state index in [0.29, 0.717) is 18.9 Å². The van der Waals surface area contributed by atoms with Gasteiger partial charge < -0.3 is 0 Å². The Hall–Kier alpha value is -0.860. The second kappa shape index (κ2) is 6.10. The maximum absolute atomic E-state index is 13.8. The van der Waals surface area contributed by atoms with Crippen LogP contribution in [0.3, 0.4) is 0 Å². The van der Waals surface area contributed by atoms with Crippen LogP contribution in [-0.4, -0.2) is 22.1 Å². The predicted octanol–water partition coefficient (Wildman–Crippen LogP) is 2.83. The minimum atomic E-state index is -4.05. The largest absolute Gasteiger partial charge is 0.280 e. The molecule has 1 aromatic carbocycles. The first-order valence-corrected chi connectivity index (χ1v) is 10.3. The number of halogens is 2. The van der Waals surface area contributed by atoms with Crippen molar-refractivity contribution < 1.29 is 21.2 Å². The Morgan fingerprint density at radius 2 is 1.71 bits per heavy atom. The summed E-state index contributed by atoms with van der Waals surface area (Å²) in [5, 5.41) is -0.540. The molecular formula is C12H15ClFNO4S2. The van der Waals surface area contributed by atoms with Gasteiger partial charge in [-0.05, 0) is 31.0 Å². The Morgan fingerprint density at radius 3 is 2.24 bits per heavy atom. The van der Waals surface area contributed by atoms with Crippen molar-refractivity contribution in [3.63, 3.8) is 0 Å². The first-order valence-electron chi connectivity index (χ1n) is 6.46. The third-order valence-corrected chi connectivity index (χ3v) is 6.67. The van der Waals surface area contributed by atoms with Gasteiger partial charge in [0.2, 0.25) is 10.0 Å². The highest BCUT2D eigenvalue weighted by atomic mass is 35.7. The van der Waals surface area contributed by atoms with Crippen LogP contribution in [0.4, 0.5) is 10.1 Å². The van der Waals surface area contributed by atoms with Crippen LogP contribution in [0.2, 0.25) is 0 Å². The summed E-state index contributed by atoms with van der Waals surface area (Å²) >= 11 is 0. The summed E-state index contributed by atoms with van der Waals surface area (Å²) < 4.78 is 62.5. The molecule has 1 saturated carbocycles. The van der Waals surface area contributed by atoms with Gasteiger partial charge in [0.1, 0.15) is 5.82 Å². The molecule has 21 heavy (non-hydrogen) atoms. The van der Waals surface area contributed by atoms with Crippen molar-refractivity contribution in [1.82, 2.24) is 0 Å². The SMILES string of the molecule is O=S(=O)(Cl)c1ccc(NS(=O)(=O)C2CCCCC2)c(F)c1. The van der Waals surface area contributed by atoms with E-state index >= 15 is 0 Å². The van der Waals surface area contributed by atoms with Crippen LogP contribution in [0.15, 0.2) is 23.1 Å². The number of hydrogen-bond donors (Lipinski definition) is 1. The summed E-state index contributed by atoms with van der Waals surface area (Å²) in [6, 6.07) is 2.82. The summed E-state index contributed by atoms with van der Waals surface area (Å²) in [6.45, 7) is 0. The summed E-state index contributed by atoms with van der Waals surface area (Å²) in [4.78, 5) is -0.415. The fraction of sp³-hybridized carbons (Fsp3) is 0.500. The Morgan fingerprint density at radius 1 is 1.10 bits per heavy atom. The van der Waals surface area contributed by atoms with Crippen LogP contribution in [-0.2, 0) is 19.1 Å². The number of nitrogens with one attached hydrogen (secondary N) is 1. The molecule has 5 nitrogen and oxygen atoms in total. The number of hydrogen-bond acceptors (Lipinski definition) is 4. The van der Waals surface area contributed by atoms with E-state index in [2.05, 4.69) is 4.72 Å². The van der Waals surface area contributed by atoms with Gasteiger partial charge in [-0.3, -0.25) is 4.72 Å². The molecule has 9 heteroatoms. The fourth-order valence-electron chi connectivity index (χ4n) is 2.34. The maximum atomic E-state index is 13.8. The van der Waals surface area contributed by atoms with Crippen LogP contribution < -0.4 is 4.72 Å². The van der Waals surface area contributed by atoms with Gasteiger partial charge in [0.05, 0.1) is 15.8 Å². The van der Waals surface area contributed by atoms with Crippen molar-refractivity contribution in [1.29, 1.82) is 0 Å². The van der Waals surface area contributed by atoms with Crippen LogP contribution in [0.5, 0.6) is 0 Å². The van der Waals surface area contributed by atoms with E-state index in [-0.39, 0.29) is 5.69 Å². The zero-order valence-electron chi connectivity index (χ0n) is 11.1. The summed E-state index contributed by atoms with van der Waals surface area (Å²) in [5.74, 6) is -0.976. The molecule has 0 atom stereocenters. The van der Waals surface area contributed by atoms with Gasteiger partial charge in [-0.25, -0.2) is 21.2 Å². The monoisotopic (exact) mass is 355 g/mol. The van der Waals surface area contributed by atoms with Gasteiger partial charge in [0.25, 0.3) is 9.05 Å². The lowest BCUT2D eigenvalue weighted by Crippen LogP contribution is -2.30. The summed E-state index contributed by atoms with van der Waals surface area (Å²) in [7, 11) is -2.63. The number of anilines is 1. The van der Waals surface area contributed by atoms with Crippen LogP contribution in [0.25, 0.3) is 0 Å². The molecular weight excluding hydrogens is 341 g/mol. The molecule has 0 heterocycles. The summed E-state index contributed by atoms with van der Waals surface area (Å²) in [5.41, 5.74) is -0.273. The quantitative estimate of drug-likeness (QED) is 0.842. The van der Waals surface area contributed by atoms with Crippen LogP contribution in [0, 0.1) is 5.82 Å². The van der Waals surface area contributed by atoms with E-state index in [0.717, 1.165) is 31.4 Å². The number of sulfonamides is 1. The zero-order chi connectivity index (χ0) is 15.7. The molecule has 2 rings (SSSR count). The molecule has 0 aliphatic heterocycles. The molecule has 0 saturated heterocycles. The molecule has 1 aromatic rings. The highest BCUT2D eigenvalue weighted by Gasteiger charge is 2.28. The Balaban J connectivity index is 2.23. The number of benzene rings is 1. The van der Waals surface area contributed by atoms with Crippen molar-refractivity contribution in [3.8, 4) is 0 Å². The van der Waals surface area contributed by atoms with Crippen molar-refractivity contribution in [2.45, 2.75) is 42.2 Å². The molecule has 0 unspecified atom stereocenters. The average molecular weight is 356 g/mol. The first-order chi connectivity index (χ1) is 9.70. The highest BCUT2D eigenvalue weighted by molar-refractivity contribution is 8.13. The Bertz CT molecular complexity index is 728. The molecule has 1 N–H and O–H groups in total. The molecule has 0 aromatic heterocycles. The standard InChI is InChI=1S/C12H15ClFNO4S2/c13-20(16,17)10-6-7-12(11(14)8-10)15-21(18,19)9-4-2-1-3-5-9/h6-9,15H,1-5H2. The normalized spacial score (nSPS) is 17.6. The van der Waals surface area contributed by atoms with E-state index in [9.17, 15) is 21.2 Å². The lowest BCUT2D eigenvalue weighted by molar-refractivity contribution is 0.486. The van der Waals surface area contributed by atoms with E-state index in [1.807, 2.05) is 0 Å². The van der Waals surface area contributed by atoms with E-state index in [1.54, 1.807) is 0 Å². The molecule has 0 bridgehead atoms. The van der Waals surface area contributed by atoms with Crippen LogP contribution in [0.1, 0.15) is 32.1 Å².